The van der Waals surface area contributed by atoms with Crippen LogP contribution in [0.2, 0.25) is 0 Å². The van der Waals surface area contributed by atoms with E-state index in [0.29, 0.717) is 38.5 Å². The van der Waals surface area contributed by atoms with Gasteiger partial charge in [0.2, 0.25) is 11.8 Å². The van der Waals surface area contributed by atoms with Gasteiger partial charge >= 0.3 is 0 Å². The van der Waals surface area contributed by atoms with Crippen molar-refractivity contribution < 1.29 is 9.59 Å². The molecule has 1 rings (SSSR count). The molecule has 1 aliphatic rings. The highest BCUT2D eigenvalue weighted by molar-refractivity contribution is 5.82. The van der Waals surface area contributed by atoms with Gasteiger partial charge in [0.1, 0.15) is 0 Å². The van der Waals surface area contributed by atoms with E-state index in [1.165, 1.54) is 0 Å². The average Bonchev–Trinajstić information content (AvgIpc) is 2.37. The SMILES string of the molecule is C#CCC(N)C(=O)N1CCN(C(=O)CC(C)C)CC1. The smallest absolute Gasteiger partial charge is 0.240 e. The van der Waals surface area contributed by atoms with Crippen molar-refractivity contribution in [2.75, 3.05) is 26.2 Å². The quantitative estimate of drug-likeness (QED) is 0.731. The maximum Gasteiger partial charge on any atom is 0.240 e. The van der Waals surface area contributed by atoms with Gasteiger partial charge in [-0.25, -0.2) is 0 Å². The molecule has 1 heterocycles. The van der Waals surface area contributed by atoms with E-state index in [9.17, 15) is 9.59 Å². The molecule has 0 radical (unpaired) electrons. The summed E-state index contributed by atoms with van der Waals surface area (Å²) in [6.45, 7) is 6.30. The average molecular weight is 265 g/mol. The van der Waals surface area contributed by atoms with Crippen molar-refractivity contribution in [3.8, 4) is 12.3 Å². The normalized spacial score (nSPS) is 17.2. The molecular weight excluding hydrogens is 242 g/mol. The molecule has 5 heteroatoms. The Hall–Kier alpha value is -1.54. The summed E-state index contributed by atoms with van der Waals surface area (Å²) in [4.78, 5) is 27.3. The number of rotatable bonds is 4. The molecule has 0 aliphatic carbocycles. The molecule has 0 bridgehead atoms. The number of terminal acetylenes is 1. The Morgan fingerprint density at radius 2 is 1.74 bits per heavy atom. The highest BCUT2D eigenvalue weighted by Crippen LogP contribution is 2.09. The Morgan fingerprint density at radius 1 is 1.21 bits per heavy atom. The summed E-state index contributed by atoms with van der Waals surface area (Å²) in [6, 6.07) is -0.622. The van der Waals surface area contributed by atoms with Gasteiger partial charge in [-0.1, -0.05) is 13.8 Å². The van der Waals surface area contributed by atoms with E-state index in [1.807, 2.05) is 18.7 Å². The van der Waals surface area contributed by atoms with E-state index in [0.717, 1.165) is 0 Å². The van der Waals surface area contributed by atoms with Crippen LogP contribution in [-0.2, 0) is 9.59 Å². The van der Waals surface area contributed by atoms with E-state index < -0.39 is 6.04 Å². The first-order valence-corrected chi connectivity index (χ1v) is 6.71. The lowest BCUT2D eigenvalue weighted by atomic mass is 10.1. The topological polar surface area (TPSA) is 66.6 Å². The third-order valence-electron chi connectivity index (χ3n) is 3.18. The molecule has 1 atom stereocenters. The molecule has 1 aliphatic heterocycles. The van der Waals surface area contributed by atoms with Gasteiger partial charge in [-0.3, -0.25) is 9.59 Å². The Labute approximate surface area is 115 Å². The molecule has 0 aromatic heterocycles. The van der Waals surface area contributed by atoms with Crippen molar-refractivity contribution in [2.45, 2.75) is 32.7 Å². The fourth-order valence-electron chi connectivity index (χ4n) is 2.10. The molecule has 0 aromatic carbocycles. The lowest BCUT2D eigenvalue weighted by molar-refractivity contribution is -0.140. The van der Waals surface area contributed by atoms with Crippen LogP contribution in [0.5, 0.6) is 0 Å². The van der Waals surface area contributed by atoms with E-state index in [2.05, 4.69) is 5.92 Å². The fourth-order valence-corrected chi connectivity index (χ4v) is 2.10. The standard InChI is InChI=1S/C14H23N3O2/c1-4-5-12(15)14(19)17-8-6-16(7-9-17)13(18)10-11(2)3/h1,11-12H,5-10,15H2,2-3H3. The second-order valence-electron chi connectivity index (χ2n) is 5.32. The van der Waals surface area contributed by atoms with E-state index in [-0.39, 0.29) is 18.2 Å². The molecule has 19 heavy (non-hydrogen) atoms. The van der Waals surface area contributed by atoms with E-state index in [1.54, 1.807) is 4.90 Å². The molecule has 0 aromatic rings. The summed E-state index contributed by atoms with van der Waals surface area (Å²) in [5.41, 5.74) is 5.70. The molecule has 2 amide bonds. The van der Waals surface area contributed by atoms with Gasteiger partial charge in [-0.05, 0) is 5.92 Å². The number of amides is 2. The molecule has 5 nitrogen and oxygen atoms in total. The zero-order valence-corrected chi connectivity index (χ0v) is 11.8. The largest absolute Gasteiger partial charge is 0.339 e. The maximum absolute atomic E-state index is 11.9. The van der Waals surface area contributed by atoms with Crippen molar-refractivity contribution in [2.24, 2.45) is 11.7 Å². The molecule has 106 valence electrons. The summed E-state index contributed by atoms with van der Waals surface area (Å²) in [5.74, 6) is 2.80. The first kappa shape index (κ1) is 15.5. The number of piperazine rings is 1. The van der Waals surface area contributed by atoms with Crippen LogP contribution < -0.4 is 5.73 Å². The molecular formula is C14H23N3O2. The summed E-state index contributed by atoms with van der Waals surface area (Å²) in [7, 11) is 0. The van der Waals surface area contributed by atoms with Crippen LogP contribution in [0.4, 0.5) is 0 Å². The fraction of sp³-hybridized carbons (Fsp3) is 0.714. The summed E-state index contributed by atoms with van der Waals surface area (Å²) < 4.78 is 0. The predicted molar refractivity (Wildman–Crippen MR) is 74.0 cm³/mol. The number of nitrogens with two attached hydrogens (primary N) is 1. The van der Waals surface area contributed by atoms with Crippen LogP contribution in [0.25, 0.3) is 0 Å². The van der Waals surface area contributed by atoms with Crippen LogP contribution in [0.1, 0.15) is 26.7 Å². The van der Waals surface area contributed by atoms with E-state index >= 15 is 0 Å². The Balaban J connectivity index is 2.43. The van der Waals surface area contributed by atoms with Crippen LogP contribution >= 0.6 is 0 Å². The molecule has 2 N–H and O–H groups in total. The van der Waals surface area contributed by atoms with Gasteiger partial charge < -0.3 is 15.5 Å². The number of hydrogen-bond donors (Lipinski definition) is 1. The number of hydrogen-bond acceptors (Lipinski definition) is 3. The minimum absolute atomic E-state index is 0.117. The monoisotopic (exact) mass is 265 g/mol. The summed E-state index contributed by atoms with van der Waals surface area (Å²) in [5, 5.41) is 0. The first-order chi connectivity index (χ1) is 8.95. The van der Waals surface area contributed by atoms with E-state index in [4.69, 9.17) is 12.2 Å². The maximum atomic E-state index is 11.9. The van der Waals surface area contributed by atoms with Crippen molar-refractivity contribution in [3.05, 3.63) is 0 Å². The second kappa shape index (κ2) is 7.15. The molecule has 1 fully saturated rings. The zero-order chi connectivity index (χ0) is 14.4. The second-order valence-corrected chi connectivity index (χ2v) is 5.32. The summed E-state index contributed by atoms with van der Waals surface area (Å²) >= 11 is 0. The number of carbonyl (C=O) groups is 2. The third kappa shape index (κ3) is 4.56. The van der Waals surface area contributed by atoms with Gasteiger partial charge in [0, 0.05) is 39.0 Å². The third-order valence-corrected chi connectivity index (χ3v) is 3.18. The molecule has 0 spiro atoms. The Morgan fingerprint density at radius 3 is 2.21 bits per heavy atom. The van der Waals surface area contributed by atoms with Crippen molar-refractivity contribution in [1.29, 1.82) is 0 Å². The molecule has 0 saturated carbocycles. The lowest BCUT2D eigenvalue weighted by Crippen LogP contribution is -2.54. The summed E-state index contributed by atoms with van der Waals surface area (Å²) in [6.07, 6.45) is 5.97. The molecule has 1 unspecified atom stereocenters. The predicted octanol–water partition coefficient (Wildman–Crippen LogP) is 0.0539. The van der Waals surface area contributed by atoms with Crippen LogP contribution in [0.15, 0.2) is 0 Å². The first-order valence-electron chi connectivity index (χ1n) is 6.71. The van der Waals surface area contributed by atoms with Gasteiger partial charge in [0.25, 0.3) is 0 Å². The highest BCUT2D eigenvalue weighted by Gasteiger charge is 2.26. The van der Waals surface area contributed by atoms with Gasteiger partial charge in [0.05, 0.1) is 6.04 Å². The van der Waals surface area contributed by atoms with Crippen molar-refractivity contribution in [3.63, 3.8) is 0 Å². The van der Waals surface area contributed by atoms with Gasteiger partial charge in [0.15, 0.2) is 0 Å². The van der Waals surface area contributed by atoms with Crippen LogP contribution in [0.3, 0.4) is 0 Å². The number of carbonyl (C=O) groups excluding carboxylic acids is 2. The minimum atomic E-state index is -0.622. The van der Waals surface area contributed by atoms with Crippen LogP contribution in [0, 0.1) is 18.3 Å². The minimum Gasteiger partial charge on any atom is -0.339 e. The number of nitrogens with zero attached hydrogens (tertiary/aromatic N) is 2. The van der Waals surface area contributed by atoms with Crippen molar-refractivity contribution in [1.82, 2.24) is 9.80 Å². The van der Waals surface area contributed by atoms with Crippen LogP contribution in [-0.4, -0.2) is 53.8 Å². The lowest BCUT2D eigenvalue weighted by Gasteiger charge is -2.36. The highest BCUT2D eigenvalue weighted by atomic mass is 16.2. The molecule has 1 saturated heterocycles. The zero-order valence-electron chi connectivity index (χ0n) is 11.8. The Bertz CT molecular complexity index is 365. The van der Waals surface area contributed by atoms with Gasteiger partial charge in [-0.2, -0.15) is 0 Å². The van der Waals surface area contributed by atoms with Gasteiger partial charge in [-0.15, -0.1) is 12.3 Å². The Kier molecular flexibility index (Phi) is 5.84. The van der Waals surface area contributed by atoms with Crippen molar-refractivity contribution >= 4 is 11.8 Å².